The summed E-state index contributed by atoms with van der Waals surface area (Å²) in [4.78, 5) is 14.9. The molecule has 4 nitrogen and oxygen atoms in total. The van der Waals surface area contributed by atoms with E-state index in [1.807, 2.05) is 53.4 Å². The van der Waals surface area contributed by atoms with Crippen molar-refractivity contribution in [3.05, 3.63) is 58.1 Å². The molecule has 0 aromatic heterocycles. The number of anilines is 1. The fourth-order valence-electron chi connectivity index (χ4n) is 3.02. The maximum Gasteiger partial charge on any atom is 0.259 e. The Bertz CT molecular complexity index is 912. The molecule has 2 aromatic rings. The van der Waals surface area contributed by atoms with Gasteiger partial charge in [0.2, 0.25) is 0 Å². The Kier molecular flexibility index (Phi) is 5.43. The molecule has 0 bridgehead atoms. The van der Waals surface area contributed by atoms with Crippen LogP contribution >= 0.6 is 15.9 Å². The topological polar surface area (TPSA) is 53.3 Å². The zero-order valence-corrected chi connectivity index (χ0v) is 16.3. The maximum atomic E-state index is 13.1. The number of benzene rings is 2. The summed E-state index contributed by atoms with van der Waals surface area (Å²) >= 11 is 3.46. The molecule has 0 atom stereocenters. The lowest BCUT2D eigenvalue weighted by molar-refractivity contribution is -0.113. The van der Waals surface area contributed by atoms with Crippen LogP contribution in [0.3, 0.4) is 0 Å². The smallest absolute Gasteiger partial charge is 0.259 e. The predicted octanol–water partition coefficient (Wildman–Crippen LogP) is 4.89. The van der Waals surface area contributed by atoms with E-state index in [9.17, 15) is 4.79 Å². The molecule has 1 amide bonds. The molecule has 0 N–H and O–H groups in total. The molecule has 0 aliphatic carbocycles. The van der Waals surface area contributed by atoms with E-state index >= 15 is 0 Å². The highest BCUT2D eigenvalue weighted by atomic mass is 79.9. The van der Waals surface area contributed by atoms with E-state index in [-0.39, 0.29) is 12.5 Å². The second-order valence-electron chi connectivity index (χ2n) is 6.51. The molecule has 0 spiro atoms. The van der Waals surface area contributed by atoms with E-state index in [1.54, 1.807) is 6.07 Å². The van der Waals surface area contributed by atoms with Crippen LogP contribution < -0.4 is 9.64 Å². The van der Waals surface area contributed by atoms with Crippen LogP contribution in [0.25, 0.3) is 11.6 Å². The first-order chi connectivity index (χ1) is 12.5. The molecule has 0 saturated heterocycles. The van der Waals surface area contributed by atoms with Gasteiger partial charge in [0.1, 0.15) is 11.8 Å². The molecule has 1 aliphatic rings. The highest BCUT2D eigenvalue weighted by Crippen LogP contribution is 2.39. The zero-order valence-electron chi connectivity index (χ0n) is 14.7. The number of hydrogen-bond donors (Lipinski definition) is 0. The van der Waals surface area contributed by atoms with Gasteiger partial charge in [-0.25, -0.2) is 0 Å². The molecule has 26 heavy (non-hydrogen) atoms. The number of ether oxygens (including phenoxy) is 1. The van der Waals surface area contributed by atoms with Crippen molar-refractivity contribution >= 4 is 39.2 Å². The minimum Gasteiger partial charge on any atom is -0.478 e. The van der Waals surface area contributed by atoms with Crippen molar-refractivity contribution in [2.45, 2.75) is 13.8 Å². The van der Waals surface area contributed by atoms with Crippen molar-refractivity contribution in [2.24, 2.45) is 5.92 Å². The van der Waals surface area contributed by atoms with Gasteiger partial charge in [0.15, 0.2) is 6.61 Å². The lowest BCUT2D eigenvalue weighted by Crippen LogP contribution is -2.30. The summed E-state index contributed by atoms with van der Waals surface area (Å²) in [5.74, 6) is 0.938. The minimum absolute atomic E-state index is 0.00823. The fraction of sp³-hybridized carbons (Fsp3) is 0.238. The molecule has 0 radical (unpaired) electrons. The molecule has 1 heterocycles. The molecule has 2 aromatic carbocycles. The summed E-state index contributed by atoms with van der Waals surface area (Å²) in [5, 5.41) is 8.79. The van der Waals surface area contributed by atoms with Crippen molar-refractivity contribution < 1.29 is 9.53 Å². The lowest BCUT2D eigenvalue weighted by Gasteiger charge is -2.19. The molecular formula is C21H19BrN2O2. The highest BCUT2D eigenvalue weighted by molar-refractivity contribution is 9.10. The number of carbonyl (C=O) groups is 1. The monoisotopic (exact) mass is 410 g/mol. The summed E-state index contributed by atoms with van der Waals surface area (Å²) in [6.45, 7) is 4.82. The molecule has 0 fully saturated rings. The van der Waals surface area contributed by atoms with Gasteiger partial charge < -0.3 is 9.64 Å². The lowest BCUT2D eigenvalue weighted by atomic mass is 10.0. The van der Waals surface area contributed by atoms with Crippen molar-refractivity contribution in [3.63, 3.8) is 0 Å². The largest absolute Gasteiger partial charge is 0.478 e. The number of halogens is 1. The van der Waals surface area contributed by atoms with Crippen molar-refractivity contribution in [1.82, 2.24) is 0 Å². The maximum absolute atomic E-state index is 13.1. The second kappa shape index (κ2) is 7.76. The van der Waals surface area contributed by atoms with Crippen LogP contribution in [0.1, 0.15) is 25.0 Å². The average Bonchev–Trinajstić information content (AvgIpc) is 2.87. The van der Waals surface area contributed by atoms with Crippen LogP contribution in [0.5, 0.6) is 5.75 Å². The minimum atomic E-state index is -0.0399. The third-order valence-electron chi connectivity index (χ3n) is 4.07. The number of nitrogens with zero attached hydrogens (tertiary/aromatic N) is 2. The molecule has 0 unspecified atom stereocenters. The predicted molar refractivity (Wildman–Crippen MR) is 107 cm³/mol. The van der Waals surface area contributed by atoms with Gasteiger partial charge in [-0.05, 0) is 36.3 Å². The third kappa shape index (κ3) is 3.66. The van der Waals surface area contributed by atoms with Crippen molar-refractivity contribution in [1.29, 1.82) is 5.26 Å². The first-order valence-electron chi connectivity index (χ1n) is 8.43. The fourth-order valence-corrected chi connectivity index (χ4v) is 3.40. The number of amides is 1. The second-order valence-corrected chi connectivity index (χ2v) is 7.43. The van der Waals surface area contributed by atoms with E-state index in [1.165, 1.54) is 0 Å². The molecule has 5 heteroatoms. The van der Waals surface area contributed by atoms with Crippen LogP contribution in [-0.4, -0.2) is 19.1 Å². The average molecular weight is 411 g/mol. The number of carbonyl (C=O) groups excluding carboxylic acids is 1. The Morgan fingerprint density at radius 1 is 1.27 bits per heavy atom. The Hall–Kier alpha value is -2.58. The number of hydrogen-bond acceptors (Lipinski definition) is 3. The summed E-state index contributed by atoms with van der Waals surface area (Å²) < 4.78 is 6.40. The van der Waals surface area contributed by atoms with Crippen LogP contribution in [0.4, 0.5) is 5.69 Å². The summed E-state index contributed by atoms with van der Waals surface area (Å²) in [6.07, 6.45) is 1.85. The highest BCUT2D eigenvalue weighted by Gasteiger charge is 2.32. The van der Waals surface area contributed by atoms with E-state index in [2.05, 4.69) is 29.8 Å². The molecular weight excluding hydrogens is 392 g/mol. The summed E-state index contributed by atoms with van der Waals surface area (Å²) in [7, 11) is 0. The van der Waals surface area contributed by atoms with Crippen LogP contribution in [0.15, 0.2) is 46.9 Å². The van der Waals surface area contributed by atoms with E-state index in [0.29, 0.717) is 23.8 Å². The SMILES string of the molecule is CC(C)CN1C(=O)/C(=C\c2cc(Br)ccc2OCC#N)c2ccccc21. The molecule has 1 aliphatic heterocycles. The number of fused-ring (bicyclic) bond motifs is 1. The van der Waals surface area contributed by atoms with Gasteiger partial charge in [-0.1, -0.05) is 48.0 Å². The van der Waals surface area contributed by atoms with Gasteiger partial charge in [-0.2, -0.15) is 5.26 Å². The summed E-state index contributed by atoms with van der Waals surface area (Å²) in [5.41, 5.74) is 3.26. The van der Waals surface area contributed by atoms with Crippen LogP contribution in [0, 0.1) is 17.2 Å². The Morgan fingerprint density at radius 3 is 2.77 bits per heavy atom. The summed E-state index contributed by atoms with van der Waals surface area (Å²) in [6, 6.07) is 15.3. The van der Waals surface area contributed by atoms with Crippen molar-refractivity contribution in [3.8, 4) is 11.8 Å². The van der Waals surface area contributed by atoms with Crippen LogP contribution in [0.2, 0.25) is 0 Å². The molecule has 132 valence electrons. The number of para-hydroxylation sites is 1. The molecule has 3 rings (SSSR count). The van der Waals surface area contributed by atoms with Gasteiger partial charge in [-0.15, -0.1) is 0 Å². The molecule has 0 saturated carbocycles. The first kappa shape index (κ1) is 18.2. The number of nitriles is 1. The van der Waals surface area contributed by atoms with E-state index in [4.69, 9.17) is 10.00 Å². The first-order valence-corrected chi connectivity index (χ1v) is 9.23. The van der Waals surface area contributed by atoms with Gasteiger partial charge in [0.05, 0.1) is 5.69 Å². The quantitative estimate of drug-likeness (QED) is 0.658. The van der Waals surface area contributed by atoms with Gasteiger partial charge in [0.25, 0.3) is 5.91 Å². The van der Waals surface area contributed by atoms with E-state index in [0.717, 1.165) is 21.3 Å². The zero-order chi connectivity index (χ0) is 18.7. The van der Waals surface area contributed by atoms with Gasteiger partial charge >= 0.3 is 0 Å². The van der Waals surface area contributed by atoms with Gasteiger partial charge in [0, 0.05) is 27.7 Å². The van der Waals surface area contributed by atoms with Crippen molar-refractivity contribution in [2.75, 3.05) is 18.1 Å². The van der Waals surface area contributed by atoms with Crippen LogP contribution in [-0.2, 0) is 4.79 Å². The Morgan fingerprint density at radius 2 is 2.04 bits per heavy atom. The third-order valence-corrected chi connectivity index (χ3v) is 4.57. The standard InChI is InChI=1S/C21H19BrN2O2/c1-14(2)13-24-19-6-4-3-5-17(19)18(21(24)25)12-15-11-16(22)7-8-20(15)26-10-9-23/h3-8,11-12,14H,10,13H2,1-2H3/b18-12-. The normalized spacial score (nSPS) is 14.7. The van der Waals surface area contributed by atoms with E-state index < -0.39 is 0 Å². The Balaban J connectivity index is 2.08. The van der Waals surface area contributed by atoms with Gasteiger partial charge in [-0.3, -0.25) is 4.79 Å². The number of rotatable bonds is 5. The Labute approximate surface area is 161 Å².